The smallest absolute Gasteiger partial charge is 0.122 e. The second kappa shape index (κ2) is 7.11. The van der Waals surface area contributed by atoms with Crippen LogP contribution >= 0.6 is 0 Å². The van der Waals surface area contributed by atoms with Crippen LogP contribution in [-0.4, -0.2) is 18.3 Å². The first-order valence-electron chi connectivity index (χ1n) is 7.04. The molecule has 0 aliphatic heterocycles. The quantitative estimate of drug-likeness (QED) is 0.870. The lowest BCUT2D eigenvalue weighted by atomic mass is 9.99. The van der Waals surface area contributed by atoms with E-state index < -0.39 is 0 Å². The maximum atomic E-state index is 10.2. The van der Waals surface area contributed by atoms with Crippen molar-refractivity contribution >= 4 is 0 Å². The van der Waals surface area contributed by atoms with E-state index in [1.165, 1.54) is 11.1 Å². The van der Waals surface area contributed by atoms with Crippen LogP contribution in [0.25, 0.3) is 0 Å². The summed E-state index contributed by atoms with van der Waals surface area (Å²) >= 11 is 0. The highest BCUT2D eigenvalue weighted by Crippen LogP contribution is 2.22. The van der Waals surface area contributed by atoms with E-state index in [2.05, 4.69) is 25.1 Å². The maximum absolute atomic E-state index is 10.2. The Hall–Kier alpha value is -1.80. The third kappa shape index (κ3) is 4.10. The van der Waals surface area contributed by atoms with Gasteiger partial charge in [-0.05, 0) is 37.0 Å². The molecule has 2 aromatic rings. The van der Waals surface area contributed by atoms with Crippen molar-refractivity contribution in [3.05, 3.63) is 65.2 Å². The fourth-order valence-electron chi connectivity index (χ4n) is 2.40. The molecule has 0 heterocycles. The fraction of sp³-hybridized carbons (Fsp3) is 0.333. The standard InChI is InChI=1S/C18H22O2/c1-14-8-11-18(20-2)16(12-14)13-17(19)10-9-15-6-4-3-5-7-15/h3-8,11-12,17,19H,9-10,13H2,1-2H3. The summed E-state index contributed by atoms with van der Waals surface area (Å²) in [5.74, 6) is 0.856. The van der Waals surface area contributed by atoms with Crippen LogP contribution in [0.3, 0.4) is 0 Å². The van der Waals surface area contributed by atoms with Crippen LogP contribution in [0, 0.1) is 6.92 Å². The van der Waals surface area contributed by atoms with Gasteiger partial charge in [-0.25, -0.2) is 0 Å². The second-order valence-electron chi connectivity index (χ2n) is 5.20. The van der Waals surface area contributed by atoms with Crippen molar-refractivity contribution in [1.82, 2.24) is 0 Å². The Kier molecular flexibility index (Phi) is 5.19. The van der Waals surface area contributed by atoms with E-state index in [0.29, 0.717) is 6.42 Å². The summed E-state index contributed by atoms with van der Waals surface area (Å²) < 4.78 is 5.35. The van der Waals surface area contributed by atoms with Gasteiger partial charge in [-0.2, -0.15) is 0 Å². The van der Waals surface area contributed by atoms with E-state index in [0.717, 1.165) is 24.2 Å². The molecule has 106 valence electrons. The van der Waals surface area contributed by atoms with E-state index in [1.807, 2.05) is 30.3 Å². The fourth-order valence-corrected chi connectivity index (χ4v) is 2.40. The number of hydrogen-bond donors (Lipinski definition) is 1. The predicted molar refractivity (Wildman–Crippen MR) is 82.2 cm³/mol. The minimum absolute atomic E-state index is 0.342. The number of ether oxygens (including phenoxy) is 1. The third-order valence-electron chi connectivity index (χ3n) is 3.50. The summed E-state index contributed by atoms with van der Waals surface area (Å²) in [5.41, 5.74) is 3.53. The van der Waals surface area contributed by atoms with Crippen molar-refractivity contribution in [3.63, 3.8) is 0 Å². The highest BCUT2D eigenvalue weighted by Gasteiger charge is 2.10. The zero-order chi connectivity index (χ0) is 14.4. The molecule has 0 amide bonds. The lowest BCUT2D eigenvalue weighted by molar-refractivity contribution is 0.164. The van der Waals surface area contributed by atoms with E-state index in [4.69, 9.17) is 4.74 Å². The molecule has 0 saturated carbocycles. The minimum Gasteiger partial charge on any atom is -0.496 e. The molecule has 1 N–H and O–H groups in total. The summed E-state index contributed by atoms with van der Waals surface area (Å²) in [4.78, 5) is 0. The van der Waals surface area contributed by atoms with Gasteiger partial charge in [0.25, 0.3) is 0 Å². The average molecular weight is 270 g/mol. The lowest BCUT2D eigenvalue weighted by Gasteiger charge is -2.14. The van der Waals surface area contributed by atoms with Gasteiger partial charge < -0.3 is 9.84 Å². The van der Waals surface area contributed by atoms with Crippen molar-refractivity contribution in [1.29, 1.82) is 0 Å². The van der Waals surface area contributed by atoms with E-state index in [-0.39, 0.29) is 6.10 Å². The summed E-state index contributed by atoms with van der Waals surface area (Å²) in [7, 11) is 1.67. The minimum atomic E-state index is -0.342. The number of aliphatic hydroxyl groups is 1. The monoisotopic (exact) mass is 270 g/mol. The van der Waals surface area contributed by atoms with Gasteiger partial charge in [0, 0.05) is 6.42 Å². The summed E-state index contributed by atoms with van der Waals surface area (Å²) in [5, 5.41) is 10.2. The number of aliphatic hydroxyl groups excluding tert-OH is 1. The zero-order valence-corrected chi connectivity index (χ0v) is 12.2. The molecule has 0 spiro atoms. The van der Waals surface area contributed by atoms with Crippen LogP contribution in [0.1, 0.15) is 23.1 Å². The van der Waals surface area contributed by atoms with Crippen LogP contribution in [-0.2, 0) is 12.8 Å². The molecule has 0 radical (unpaired) electrons. The van der Waals surface area contributed by atoms with Crippen LogP contribution in [0.5, 0.6) is 5.75 Å². The first-order valence-corrected chi connectivity index (χ1v) is 7.04. The highest BCUT2D eigenvalue weighted by molar-refractivity contribution is 5.37. The Morgan fingerprint density at radius 1 is 1.10 bits per heavy atom. The van der Waals surface area contributed by atoms with Crippen molar-refractivity contribution in [2.24, 2.45) is 0 Å². The van der Waals surface area contributed by atoms with Crippen molar-refractivity contribution in [3.8, 4) is 5.75 Å². The Morgan fingerprint density at radius 3 is 2.55 bits per heavy atom. The molecule has 2 nitrogen and oxygen atoms in total. The molecule has 2 aromatic carbocycles. The maximum Gasteiger partial charge on any atom is 0.122 e. The molecule has 0 saturated heterocycles. The van der Waals surface area contributed by atoms with Gasteiger partial charge in [-0.3, -0.25) is 0 Å². The highest BCUT2D eigenvalue weighted by atomic mass is 16.5. The van der Waals surface area contributed by atoms with Gasteiger partial charge >= 0.3 is 0 Å². The molecule has 1 atom stereocenters. The van der Waals surface area contributed by atoms with Crippen molar-refractivity contribution in [2.75, 3.05) is 7.11 Å². The summed E-state index contributed by atoms with van der Waals surface area (Å²) in [6.07, 6.45) is 1.96. The van der Waals surface area contributed by atoms with Crippen LogP contribution in [0.4, 0.5) is 0 Å². The largest absolute Gasteiger partial charge is 0.496 e. The Balaban J connectivity index is 1.94. The lowest BCUT2D eigenvalue weighted by Crippen LogP contribution is -2.12. The number of methoxy groups -OCH3 is 1. The SMILES string of the molecule is COc1ccc(C)cc1CC(O)CCc1ccccc1. The molecule has 0 aliphatic carbocycles. The van der Waals surface area contributed by atoms with E-state index in [9.17, 15) is 5.11 Å². The van der Waals surface area contributed by atoms with Crippen LogP contribution in [0.2, 0.25) is 0 Å². The van der Waals surface area contributed by atoms with Gasteiger partial charge in [-0.15, -0.1) is 0 Å². The molecule has 1 unspecified atom stereocenters. The number of aryl methyl sites for hydroxylation is 2. The Bertz CT molecular complexity index is 534. The van der Waals surface area contributed by atoms with Crippen molar-refractivity contribution in [2.45, 2.75) is 32.3 Å². The second-order valence-corrected chi connectivity index (χ2v) is 5.20. The summed E-state index contributed by atoms with van der Waals surface area (Å²) in [6, 6.07) is 16.4. The first-order chi connectivity index (χ1) is 9.69. The van der Waals surface area contributed by atoms with Gasteiger partial charge in [-0.1, -0.05) is 48.0 Å². The molecule has 2 rings (SSSR count). The third-order valence-corrected chi connectivity index (χ3v) is 3.50. The van der Waals surface area contributed by atoms with Gasteiger partial charge in [0.2, 0.25) is 0 Å². The van der Waals surface area contributed by atoms with Gasteiger partial charge in [0.1, 0.15) is 5.75 Å². The average Bonchev–Trinajstić information content (AvgIpc) is 2.46. The molecule has 20 heavy (non-hydrogen) atoms. The molecule has 0 aromatic heterocycles. The molecular weight excluding hydrogens is 248 g/mol. The van der Waals surface area contributed by atoms with E-state index in [1.54, 1.807) is 7.11 Å². The topological polar surface area (TPSA) is 29.5 Å². The Labute approximate surface area is 121 Å². The molecule has 0 bridgehead atoms. The first kappa shape index (κ1) is 14.6. The molecule has 0 fully saturated rings. The van der Waals surface area contributed by atoms with Crippen molar-refractivity contribution < 1.29 is 9.84 Å². The number of rotatable bonds is 6. The zero-order valence-electron chi connectivity index (χ0n) is 12.2. The van der Waals surface area contributed by atoms with Gasteiger partial charge in [0.15, 0.2) is 0 Å². The normalized spacial score (nSPS) is 12.2. The molecule has 2 heteroatoms. The number of hydrogen-bond acceptors (Lipinski definition) is 2. The summed E-state index contributed by atoms with van der Waals surface area (Å²) in [6.45, 7) is 2.05. The van der Waals surface area contributed by atoms with Crippen LogP contribution < -0.4 is 4.74 Å². The van der Waals surface area contributed by atoms with Crippen LogP contribution in [0.15, 0.2) is 48.5 Å². The molecular formula is C18H22O2. The van der Waals surface area contributed by atoms with E-state index >= 15 is 0 Å². The predicted octanol–water partition coefficient (Wildman–Crippen LogP) is 3.54. The molecule has 0 aliphatic rings. The van der Waals surface area contributed by atoms with Gasteiger partial charge in [0.05, 0.1) is 13.2 Å². The number of benzene rings is 2. The Morgan fingerprint density at radius 2 is 1.85 bits per heavy atom.